The Hall–Kier alpha value is -4.99. The van der Waals surface area contributed by atoms with Crippen LogP contribution in [0.2, 0.25) is 0 Å². The molecule has 1 atom stereocenters. The number of methoxy groups -OCH3 is 1. The summed E-state index contributed by atoms with van der Waals surface area (Å²) in [6.45, 7) is 4.32. The van der Waals surface area contributed by atoms with Gasteiger partial charge in [0.25, 0.3) is 11.8 Å². The molecule has 0 radical (unpaired) electrons. The number of hydrogen-bond donors (Lipinski definition) is 2. The molecule has 10 nitrogen and oxygen atoms in total. The van der Waals surface area contributed by atoms with Crippen LogP contribution < -0.4 is 10.6 Å². The number of carbonyl (C=O) groups is 3. The number of esters is 1. The summed E-state index contributed by atoms with van der Waals surface area (Å²) in [5, 5.41) is 5.66. The maximum absolute atomic E-state index is 13.0. The third-order valence-corrected chi connectivity index (χ3v) is 6.40. The normalized spacial score (nSPS) is 11.4. The van der Waals surface area contributed by atoms with Crippen LogP contribution in [0.25, 0.3) is 22.8 Å². The summed E-state index contributed by atoms with van der Waals surface area (Å²) in [6.07, 6.45) is 8.04. The molecule has 10 heteroatoms. The summed E-state index contributed by atoms with van der Waals surface area (Å²) in [4.78, 5) is 55.4. The van der Waals surface area contributed by atoms with Crippen LogP contribution in [0.1, 0.15) is 51.1 Å². The Morgan fingerprint density at radius 2 is 1.20 bits per heavy atom. The average molecular weight is 553 g/mol. The molecule has 0 saturated carbocycles. The second-order valence-electron chi connectivity index (χ2n) is 9.60. The Balaban J connectivity index is 1.29. The van der Waals surface area contributed by atoms with Crippen LogP contribution in [0.5, 0.6) is 0 Å². The number of rotatable bonds is 11. The Labute approximate surface area is 238 Å². The Bertz CT molecular complexity index is 1540. The topological polar surface area (TPSA) is 136 Å². The first kappa shape index (κ1) is 29.0. The van der Waals surface area contributed by atoms with Crippen molar-refractivity contribution in [1.29, 1.82) is 0 Å². The number of carbonyl (C=O) groups excluding carboxylic acids is 3. The zero-order valence-corrected chi connectivity index (χ0v) is 23.3. The molecule has 0 saturated heterocycles. The van der Waals surface area contributed by atoms with Crippen LogP contribution in [-0.2, 0) is 9.53 Å². The fraction of sp³-hybridized carbons (Fsp3) is 0.258. The van der Waals surface area contributed by atoms with Gasteiger partial charge in [-0.3, -0.25) is 29.5 Å². The molecule has 0 fully saturated rings. The molecule has 210 valence electrons. The van der Waals surface area contributed by atoms with Gasteiger partial charge in [-0.25, -0.2) is 4.79 Å². The van der Waals surface area contributed by atoms with Crippen molar-refractivity contribution >= 4 is 17.8 Å². The molecule has 4 aromatic heterocycles. The Morgan fingerprint density at radius 1 is 0.707 bits per heavy atom. The van der Waals surface area contributed by atoms with Gasteiger partial charge in [0.15, 0.2) is 0 Å². The Kier molecular flexibility index (Phi) is 9.82. The molecular weight excluding hydrogens is 520 g/mol. The number of nitrogens with one attached hydrogen (secondary N) is 2. The minimum Gasteiger partial charge on any atom is -0.467 e. The standard InChI is InChI=1S/C31H32N6O4/c1-20-7-12-32-25(16-20)27-18-22(9-14-34-27)29(38)36-11-5-4-6-24(31(40)41-3)37-30(39)23-10-15-35-28(19-23)26-17-21(2)8-13-33-26/h7-10,12-19,24H,4-6,11H2,1-3H3,(H,36,38)(H,37,39). The molecule has 0 spiro atoms. The van der Waals surface area contributed by atoms with Crippen LogP contribution in [0.15, 0.2) is 73.3 Å². The van der Waals surface area contributed by atoms with E-state index >= 15 is 0 Å². The third kappa shape index (κ3) is 8.01. The van der Waals surface area contributed by atoms with E-state index in [1.165, 1.54) is 13.3 Å². The summed E-state index contributed by atoms with van der Waals surface area (Å²) in [5.41, 5.74) is 5.45. The molecule has 0 aliphatic carbocycles. The molecule has 0 bridgehead atoms. The smallest absolute Gasteiger partial charge is 0.328 e. The monoisotopic (exact) mass is 552 g/mol. The highest BCUT2D eigenvalue weighted by Crippen LogP contribution is 2.18. The van der Waals surface area contributed by atoms with Crippen molar-refractivity contribution in [3.63, 3.8) is 0 Å². The fourth-order valence-corrected chi connectivity index (χ4v) is 4.19. The highest BCUT2D eigenvalue weighted by Gasteiger charge is 2.22. The molecule has 0 aromatic carbocycles. The van der Waals surface area contributed by atoms with Gasteiger partial charge in [0.2, 0.25) is 0 Å². The summed E-state index contributed by atoms with van der Waals surface area (Å²) in [7, 11) is 1.28. The van der Waals surface area contributed by atoms with E-state index in [4.69, 9.17) is 4.74 Å². The number of ether oxygens (including phenoxy) is 1. The van der Waals surface area contributed by atoms with Gasteiger partial charge < -0.3 is 15.4 Å². The fourth-order valence-electron chi connectivity index (χ4n) is 4.19. The lowest BCUT2D eigenvalue weighted by atomic mass is 10.1. The predicted octanol–water partition coefficient (Wildman–Crippen LogP) is 4.09. The van der Waals surface area contributed by atoms with E-state index in [2.05, 4.69) is 30.6 Å². The minimum atomic E-state index is -0.832. The van der Waals surface area contributed by atoms with Crippen molar-refractivity contribution in [2.75, 3.05) is 13.7 Å². The van der Waals surface area contributed by atoms with Crippen molar-refractivity contribution in [1.82, 2.24) is 30.6 Å². The second-order valence-corrected chi connectivity index (χ2v) is 9.60. The predicted molar refractivity (Wildman–Crippen MR) is 154 cm³/mol. The molecule has 4 heterocycles. The molecule has 1 unspecified atom stereocenters. The van der Waals surface area contributed by atoms with Gasteiger partial charge in [0, 0.05) is 42.5 Å². The number of aryl methyl sites for hydroxylation is 2. The molecule has 2 N–H and O–H groups in total. The molecule has 0 aliphatic rings. The quantitative estimate of drug-likeness (QED) is 0.210. The lowest BCUT2D eigenvalue weighted by Crippen LogP contribution is -2.41. The van der Waals surface area contributed by atoms with Gasteiger partial charge in [-0.1, -0.05) is 0 Å². The summed E-state index contributed by atoms with van der Waals surface area (Å²) in [6, 6.07) is 13.3. The maximum Gasteiger partial charge on any atom is 0.328 e. The van der Waals surface area contributed by atoms with Gasteiger partial charge in [-0.2, -0.15) is 0 Å². The molecule has 2 amide bonds. The summed E-state index contributed by atoms with van der Waals surface area (Å²) >= 11 is 0. The largest absolute Gasteiger partial charge is 0.467 e. The van der Waals surface area contributed by atoms with E-state index in [0.29, 0.717) is 59.7 Å². The van der Waals surface area contributed by atoms with Crippen LogP contribution in [-0.4, -0.2) is 57.4 Å². The number of pyridine rings is 4. The first-order valence-corrected chi connectivity index (χ1v) is 13.3. The molecule has 0 aliphatic heterocycles. The lowest BCUT2D eigenvalue weighted by molar-refractivity contribution is -0.143. The van der Waals surface area contributed by atoms with Gasteiger partial charge in [0.1, 0.15) is 6.04 Å². The van der Waals surface area contributed by atoms with Crippen molar-refractivity contribution in [2.24, 2.45) is 0 Å². The van der Waals surface area contributed by atoms with Crippen molar-refractivity contribution in [2.45, 2.75) is 39.2 Å². The SMILES string of the molecule is COC(=O)C(CCCCNC(=O)c1ccnc(-c2cc(C)ccn2)c1)NC(=O)c1ccnc(-c2cc(C)ccn2)c1. The third-order valence-electron chi connectivity index (χ3n) is 6.40. The van der Waals surface area contributed by atoms with Gasteiger partial charge in [-0.05, 0) is 92.8 Å². The van der Waals surface area contributed by atoms with Gasteiger partial charge in [-0.15, -0.1) is 0 Å². The van der Waals surface area contributed by atoms with E-state index in [9.17, 15) is 14.4 Å². The number of nitrogens with zero attached hydrogens (tertiary/aromatic N) is 4. The van der Waals surface area contributed by atoms with Crippen molar-refractivity contribution < 1.29 is 19.1 Å². The van der Waals surface area contributed by atoms with E-state index in [0.717, 1.165) is 11.1 Å². The van der Waals surface area contributed by atoms with E-state index in [1.54, 1.807) is 42.9 Å². The number of aromatic nitrogens is 4. The highest BCUT2D eigenvalue weighted by molar-refractivity contribution is 5.97. The first-order valence-electron chi connectivity index (χ1n) is 13.3. The summed E-state index contributed by atoms with van der Waals surface area (Å²) in [5.74, 6) is -1.18. The van der Waals surface area contributed by atoms with E-state index in [1.807, 2.05) is 38.1 Å². The average Bonchev–Trinajstić information content (AvgIpc) is 2.99. The zero-order valence-electron chi connectivity index (χ0n) is 23.3. The lowest BCUT2D eigenvalue weighted by Gasteiger charge is -2.17. The molecular formula is C31H32N6O4. The highest BCUT2D eigenvalue weighted by atomic mass is 16.5. The minimum absolute atomic E-state index is 0.226. The number of hydrogen-bond acceptors (Lipinski definition) is 8. The van der Waals surface area contributed by atoms with E-state index in [-0.39, 0.29) is 5.91 Å². The summed E-state index contributed by atoms with van der Waals surface area (Å²) < 4.78 is 4.91. The van der Waals surface area contributed by atoms with Crippen LogP contribution in [0, 0.1) is 13.8 Å². The first-order chi connectivity index (χ1) is 19.8. The van der Waals surface area contributed by atoms with Crippen LogP contribution >= 0.6 is 0 Å². The van der Waals surface area contributed by atoms with Crippen molar-refractivity contribution in [3.8, 4) is 22.8 Å². The van der Waals surface area contributed by atoms with Gasteiger partial charge in [0.05, 0.1) is 29.9 Å². The zero-order chi connectivity index (χ0) is 29.2. The van der Waals surface area contributed by atoms with Crippen LogP contribution in [0.4, 0.5) is 0 Å². The van der Waals surface area contributed by atoms with Crippen molar-refractivity contribution in [3.05, 3.63) is 95.6 Å². The maximum atomic E-state index is 13.0. The molecule has 4 aromatic rings. The number of amides is 2. The molecule has 41 heavy (non-hydrogen) atoms. The van der Waals surface area contributed by atoms with Gasteiger partial charge >= 0.3 is 5.97 Å². The number of unbranched alkanes of at least 4 members (excludes halogenated alkanes) is 1. The Morgan fingerprint density at radius 3 is 1.71 bits per heavy atom. The molecule has 4 rings (SSSR count). The van der Waals surface area contributed by atoms with E-state index < -0.39 is 17.9 Å². The van der Waals surface area contributed by atoms with Crippen LogP contribution in [0.3, 0.4) is 0 Å². The second kappa shape index (κ2) is 13.9.